The second-order valence-electron chi connectivity index (χ2n) is 13.9. The summed E-state index contributed by atoms with van der Waals surface area (Å²) < 4.78 is 13.0. The number of likely N-dealkylation sites (tertiary alicyclic amines) is 1. The molecule has 3 saturated heterocycles. The Morgan fingerprint density at radius 3 is 2.35 bits per heavy atom. The summed E-state index contributed by atoms with van der Waals surface area (Å²) in [7, 11) is 1.69. The molecule has 11 nitrogen and oxygen atoms in total. The molecule has 5 rings (SSSR count). The van der Waals surface area contributed by atoms with Crippen molar-refractivity contribution in [1.82, 2.24) is 9.80 Å². The Morgan fingerprint density at radius 2 is 1.73 bits per heavy atom. The second-order valence-corrected chi connectivity index (χ2v) is 13.9. The molecule has 0 aromatic heterocycles. The first-order chi connectivity index (χ1) is 25.1. The highest BCUT2D eigenvalue weighted by Crippen LogP contribution is 2.59. The van der Waals surface area contributed by atoms with E-state index in [-0.39, 0.29) is 50.3 Å². The van der Waals surface area contributed by atoms with Crippen LogP contribution in [0.25, 0.3) is 0 Å². The van der Waals surface area contributed by atoms with E-state index in [1.807, 2.05) is 61.5 Å². The number of aliphatic hydroxyl groups excluding tert-OH is 1. The van der Waals surface area contributed by atoms with Crippen molar-refractivity contribution in [2.24, 2.45) is 11.8 Å². The number of esters is 1. The number of benzene rings is 2. The zero-order valence-electron chi connectivity index (χ0n) is 31.0. The maximum atomic E-state index is 14.8. The minimum atomic E-state index is -1.25. The molecule has 1 spiro atoms. The number of allylic oxidation sites excluding steroid dienone is 1. The van der Waals surface area contributed by atoms with Gasteiger partial charge in [-0.15, -0.1) is 13.2 Å². The summed E-state index contributed by atoms with van der Waals surface area (Å²) in [5.41, 5.74) is 1.16. The summed E-state index contributed by atoms with van der Waals surface area (Å²) >= 11 is 0. The van der Waals surface area contributed by atoms with Crippen molar-refractivity contribution in [3.8, 4) is 0 Å². The standard InChI is InChI=1S/C41H54N4O7/c1-7-11-18-33(47)42(6)28(5)36(29-16-13-12-14-17-29)51-40(50)34-32-23-24-41(52-32)35(34)38(48)45(26-15-27-46)37(41)39(49)44(25-8-2)31-21-19-30(20-22-31)43(9-3)10-4/h7-8,12-14,16-17,19-22,28,32,34-37,46H,1-2,9-11,15,18,23-27H2,3-6H3/t28-,32-,34+,35+,36+,37-,41+/m1/s1. The van der Waals surface area contributed by atoms with Gasteiger partial charge in [0.15, 0.2) is 0 Å². The minimum Gasteiger partial charge on any atom is -0.455 e. The quantitative estimate of drug-likeness (QED) is 0.171. The molecule has 3 aliphatic heterocycles. The third-order valence-electron chi connectivity index (χ3n) is 11.1. The van der Waals surface area contributed by atoms with E-state index in [1.165, 1.54) is 4.90 Å². The number of aliphatic hydroxyl groups is 1. The lowest BCUT2D eigenvalue weighted by Crippen LogP contribution is -2.56. The molecule has 3 amide bonds. The van der Waals surface area contributed by atoms with Gasteiger partial charge in [0, 0.05) is 57.6 Å². The van der Waals surface area contributed by atoms with Gasteiger partial charge in [0.2, 0.25) is 11.8 Å². The number of hydrogen-bond donors (Lipinski definition) is 1. The number of ether oxygens (including phenoxy) is 2. The van der Waals surface area contributed by atoms with Crippen molar-refractivity contribution in [3.05, 3.63) is 85.5 Å². The monoisotopic (exact) mass is 714 g/mol. The highest BCUT2D eigenvalue weighted by Gasteiger charge is 2.75. The normalized spacial score (nSPS) is 24.2. The first-order valence-corrected chi connectivity index (χ1v) is 18.6. The molecule has 3 aliphatic rings. The van der Waals surface area contributed by atoms with Crippen LogP contribution in [0.5, 0.6) is 0 Å². The van der Waals surface area contributed by atoms with E-state index in [2.05, 4.69) is 31.9 Å². The number of fused-ring (bicyclic) bond motifs is 1. The van der Waals surface area contributed by atoms with Gasteiger partial charge in [0.25, 0.3) is 5.91 Å². The average molecular weight is 715 g/mol. The predicted octanol–water partition coefficient (Wildman–Crippen LogP) is 4.91. The van der Waals surface area contributed by atoms with Crippen LogP contribution in [-0.4, -0.2) is 102 Å². The lowest BCUT2D eigenvalue weighted by Gasteiger charge is -2.37. The molecule has 1 N–H and O–H groups in total. The molecule has 2 bridgehead atoms. The van der Waals surface area contributed by atoms with Crippen LogP contribution in [0.4, 0.5) is 11.4 Å². The van der Waals surface area contributed by atoms with Gasteiger partial charge in [-0.1, -0.05) is 42.5 Å². The number of amides is 3. The topological polar surface area (TPSA) is 120 Å². The number of likely N-dealkylation sites (N-methyl/N-ethyl adjacent to an activating group) is 1. The summed E-state index contributed by atoms with van der Waals surface area (Å²) in [6, 6.07) is 15.5. The van der Waals surface area contributed by atoms with Crippen molar-refractivity contribution in [2.75, 3.05) is 49.6 Å². The van der Waals surface area contributed by atoms with Crippen molar-refractivity contribution in [3.63, 3.8) is 0 Å². The zero-order valence-corrected chi connectivity index (χ0v) is 31.0. The second kappa shape index (κ2) is 16.9. The van der Waals surface area contributed by atoms with Gasteiger partial charge in [-0.2, -0.15) is 0 Å². The fourth-order valence-electron chi connectivity index (χ4n) is 8.34. The van der Waals surface area contributed by atoms with Gasteiger partial charge in [0.05, 0.1) is 24.0 Å². The van der Waals surface area contributed by atoms with Crippen LogP contribution in [-0.2, 0) is 28.7 Å². The van der Waals surface area contributed by atoms with E-state index in [4.69, 9.17) is 9.47 Å². The van der Waals surface area contributed by atoms with E-state index >= 15 is 0 Å². The first-order valence-electron chi connectivity index (χ1n) is 18.6. The fourth-order valence-corrected chi connectivity index (χ4v) is 8.34. The smallest absolute Gasteiger partial charge is 0.313 e. The van der Waals surface area contributed by atoms with Crippen LogP contribution < -0.4 is 9.80 Å². The number of rotatable bonds is 18. The highest BCUT2D eigenvalue weighted by molar-refractivity contribution is 6.04. The Bertz CT molecular complexity index is 1600. The molecule has 2 aromatic carbocycles. The Labute approximate surface area is 307 Å². The van der Waals surface area contributed by atoms with E-state index in [9.17, 15) is 24.3 Å². The summed E-state index contributed by atoms with van der Waals surface area (Å²) in [6.45, 7) is 15.5. The van der Waals surface area contributed by atoms with E-state index in [0.29, 0.717) is 30.5 Å². The number of hydrogen-bond acceptors (Lipinski definition) is 8. The SMILES string of the molecule is C=CCCC(=O)N(C)[C@H](C)[C@H](OC(=O)[C@@H]1[C@H]2C(=O)N(CCCO)[C@H](C(=O)N(CC=C)c3ccc(N(CC)CC)cc3)[C@]23CC[C@H]1O3)c1ccccc1. The van der Waals surface area contributed by atoms with Crippen molar-refractivity contribution in [1.29, 1.82) is 0 Å². The third kappa shape index (κ3) is 7.25. The van der Waals surface area contributed by atoms with E-state index < -0.39 is 47.7 Å². The zero-order chi connectivity index (χ0) is 37.6. The van der Waals surface area contributed by atoms with Gasteiger partial charge in [-0.05, 0) is 76.3 Å². The maximum absolute atomic E-state index is 14.8. The molecule has 0 saturated carbocycles. The predicted molar refractivity (Wildman–Crippen MR) is 201 cm³/mol. The molecule has 0 radical (unpaired) electrons. The number of nitrogens with zero attached hydrogens (tertiary/aromatic N) is 4. The molecule has 0 unspecified atom stereocenters. The summed E-state index contributed by atoms with van der Waals surface area (Å²) in [4.78, 5) is 63.7. The van der Waals surface area contributed by atoms with E-state index in [0.717, 1.165) is 18.8 Å². The van der Waals surface area contributed by atoms with E-state index in [1.54, 1.807) is 29.0 Å². The van der Waals surface area contributed by atoms with Crippen LogP contribution in [0.2, 0.25) is 0 Å². The van der Waals surface area contributed by atoms with Gasteiger partial charge >= 0.3 is 5.97 Å². The highest BCUT2D eigenvalue weighted by atomic mass is 16.6. The largest absolute Gasteiger partial charge is 0.455 e. The number of carbonyl (C=O) groups excluding carboxylic acids is 4. The van der Waals surface area contributed by atoms with Crippen LogP contribution in [0.15, 0.2) is 79.9 Å². The molecule has 0 aliphatic carbocycles. The molecule has 52 heavy (non-hydrogen) atoms. The van der Waals surface area contributed by atoms with Crippen LogP contribution >= 0.6 is 0 Å². The molecule has 7 atom stereocenters. The molecule has 280 valence electrons. The first kappa shape index (κ1) is 38.7. The average Bonchev–Trinajstić information content (AvgIpc) is 3.81. The van der Waals surface area contributed by atoms with Gasteiger partial charge in [0.1, 0.15) is 17.7 Å². The van der Waals surface area contributed by atoms with Crippen molar-refractivity contribution in [2.45, 2.75) is 82.8 Å². The molecule has 2 aromatic rings. The van der Waals surface area contributed by atoms with Crippen LogP contribution in [0.3, 0.4) is 0 Å². The van der Waals surface area contributed by atoms with Crippen molar-refractivity contribution >= 4 is 35.1 Å². The summed E-state index contributed by atoms with van der Waals surface area (Å²) in [5, 5.41) is 9.80. The Hall–Kier alpha value is -4.48. The summed E-state index contributed by atoms with van der Waals surface area (Å²) in [5.74, 6) is -3.27. The maximum Gasteiger partial charge on any atom is 0.313 e. The van der Waals surface area contributed by atoms with Gasteiger partial charge in [-0.25, -0.2) is 0 Å². The third-order valence-corrected chi connectivity index (χ3v) is 11.1. The Balaban J connectivity index is 1.47. The molecular weight excluding hydrogens is 660 g/mol. The minimum absolute atomic E-state index is 0.106. The Kier molecular flexibility index (Phi) is 12.6. The van der Waals surface area contributed by atoms with Crippen LogP contribution in [0, 0.1) is 11.8 Å². The molecule has 3 heterocycles. The Morgan fingerprint density at radius 1 is 1.06 bits per heavy atom. The molecule has 11 heteroatoms. The van der Waals surface area contributed by atoms with Gasteiger partial charge < -0.3 is 34.2 Å². The number of carbonyl (C=O) groups is 4. The lowest BCUT2D eigenvalue weighted by molar-refractivity contribution is -0.164. The van der Waals surface area contributed by atoms with Crippen molar-refractivity contribution < 1.29 is 33.8 Å². The molecule has 3 fully saturated rings. The molecular formula is C41H54N4O7. The lowest BCUT2D eigenvalue weighted by atomic mass is 9.70. The van der Waals surface area contributed by atoms with Gasteiger partial charge in [-0.3, -0.25) is 19.2 Å². The summed E-state index contributed by atoms with van der Waals surface area (Å²) in [6.07, 6.45) is 3.87. The number of anilines is 2. The van der Waals surface area contributed by atoms with Crippen LogP contribution in [0.1, 0.15) is 64.5 Å². The fraction of sp³-hybridized carbons (Fsp3) is 0.512.